The first-order chi connectivity index (χ1) is 11.7. The van der Waals surface area contributed by atoms with Crippen molar-refractivity contribution in [2.24, 2.45) is 0 Å². The Balaban J connectivity index is 1.58. The van der Waals surface area contributed by atoms with Gasteiger partial charge in [0.2, 0.25) is 0 Å². The third kappa shape index (κ3) is 2.50. The molecule has 0 unspecified atom stereocenters. The molecule has 3 heterocycles. The lowest BCUT2D eigenvalue weighted by atomic mass is 9.98. The number of nitrogens with zero attached hydrogens (tertiary/aromatic N) is 2. The Bertz CT molecular complexity index is 924. The van der Waals surface area contributed by atoms with E-state index in [-0.39, 0.29) is 5.91 Å². The minimum absolute atomic E-state index is 0.0717. The number of benzene rings is 1. The van der Waals surface area contributed by atoms with Crippen LogP contribution in [-0.4, -0.2) is 33.9 Å². The summed E-state index contributed by atoms with van der Waals surface area (Å²) in [7, 11) is 0. The molecule has 24 heavy (non-hydrogen) atoms. The van der Waals surface area contributed by atoms with Crippen molar-refractivity contribution in [3.8, 4) is 0 Å². The van der Waals surface area contributed by atoms with Crippen molar-refractivity contribution in [2.45, 2.75) is 13.3 Å². The first-order valence-electron chi connectivity index (χ1n) is 8.19. The Labute approximate surface area is 140 Å². The monoisotopic (exact) mass is 317 g/mol. The number of aryl methyl sites for hydroxylation is 1. The van der Waals surface area contributed by atoms with Gasteiger partial charge in [-0.25, -0.2) is 0 Å². The lowest BCUT2D eigenvalue weighted by molar-refractivity contribution is 0.0773. The molecule has 0 fully saturated rings. The van der Waals surface area contributed by atoms with Gasteiger partial charge < -0.3 is 9.88 Å². The first kappa shape index (κ1) is 14.7. The standard InChI is InChI=1S/C20H19N3O/c1-14-3-2-4-17-18(13-22-19(14)17)15-7-11-23(12-8-15)20(24)16-5-9-21-10-6-16/h2-7,9-10,13,22H,8,11-12H2,1H3. The highest BCUT2D eigenvalue weighted by Crippen LogP contribution is 2.30. The lowest BCUT2D eigenvalue weighted by Gasteiger charge is -2.26. The molecule has 0 spiro atoms. The van der Waals surface area contributed by atoms with Crippen LogP contribution in [0.15, 0.2) is 55.0 Å². The summed E-state index contributed by atoms with van der Waals surface area (Å²) >= 11 is 0. The van der Waals surface area contributed by atoms with Crippen molar-refractivity contribution in [3.05, 3.63) is 71.7 Å². The van der Waals surface area contributed by atoms with E-state index >= 15 is 0 Å². The molecule has 0 radical (unpaired) electrons. The summed E-state index contributed by atoms with van der Waals surface area (Å²) in [4.78, 5) is 21.8. The van der Waals surface area contributed by atoms with Gasteiger partial charge in [0.1, 0.15) is 0 Å². The number of para-hydroxylation sites is 1. The Morgan fingerprint density at radius 2 is 2.04 bits per heavy atom. The van der Waals surface area contributed by atoms with E-state index in [0.717, 1.165) is 13.0 Å². The van der Waals surface area contributed by atoms with Crippen LogP contribution in [0.1, 0.15) is 27.9 Å². The predicted octanol–water partition coefficient (Wildman–Crippen LogP) is 3.80. The minimum Gasteiger partial charge on any atom is -0.360 e. The Morgan fingerprint density at radius 3 is 2.79 bits per heavy atom. The summed E-state index contributed by atoms with van der Waals surface area (Å²) in [6.45, 7) is 3.51. The highest BCUT2D eigenvalue weighted by atomic mass is 16.2. The van der Waals surface area contributed by atoms with Gasteiger partial charge in [0.05, 0.1) is 0 Å². The SMILES string of the molecule is Cc1cccc2c(C3=CCN(C(=O)c4ccncc4)CC3)c[nH]c12. The Morgan fingerprint density at radius 1 is 1.21 bits per heavy atom. The summed E-state index contributed by atoms with van der Waals surface area (Å²) < 4.78 is 0. The van der Waals surface area contributed by atoms with Gasteiger partial charge in [-0.1, -0.05) is 24.3 Å². The fourth-order valence-corrected chi connectivity index (χ4v) is 3.35. The Kier molecular flexibility index (Phi) is 3.65. The molecular formula is C20H19N3O. The third-order valence-corrected chi connectivity index (χ3v) is 4.69. The number of rotatable bonds is 2. The molecule has 0 bridgehead atoms. The van der Waals surface area contributed by atoms with Crippen LogP contribution in [0.5, 0.6) is 0 Å². The van der Waals surface area contributed by atoms with Crippen molar-refractivity contribution >= 4 is 22.4 Å². The summed E-state index contributed by atoms with van der Waals surface area (Å²) in [5.74, 6) is 0.0717. The second-order valence-corrected chi connectivity index (χ2v) is 6.17. The van der Waals surface area contributed by atoms with Crippen LogP contribution < -0.4 is 0 Å². The van der Waals surface area contributed by atoms with Gasteiger partial charge in [0, 0.05) is 53.7 Å². The summed E-state index contributed by atoms with van der Waals surface area (Å²) in [6.07, 6.45) is 8.45. The van der Waals surface area contributed by atoms with Crippen LogP contribution in [-0.2, 0) is 0 Å². The van der Waals surface area contributed by atoms with E-state index in [1.165, 1.54) is 27.6 Å². The number of hydrogen-bond acceptors (Lipinski definition) is 2. The van der Waals surface area contributed by atoms with Crippen molar-refractivity contribution in [1.29, 1.82) is 0 Å². The molecule has 3 aromatic rings. The molecule has 1 aliphatic rings. The number of aromatic nitrogens is 2. The van der Waals surface area contributed by atoms with Crippen LogP contribution in [0.4, 0.5) is 0 Å². The number of amides is 1. The van der Waals surface area contributed by atoms with Crippen molar-refractivity contribution in [1.82, 2.24) is 14.9 Å². The number of H-pyrrole nitrogens is 1. The number of pyridine rings is 1. The van der Waals surface area contributed by atoms with Gasteiger partial charge in [0.25, 0.3) is 5.91 Å². The van der Waals surface area contributed by atoms with Gasteiger partial charge in [-0.15, -0.1) is 0 Å². The third-order valence-electron chi connectivity index (χ3n) is 4.69. The highest BCUT2D eigenvalue weighted by molar-refractivity contribution is 5.96. The van der Waals surface area contributed by atoms with E-state index < -0.39 is 0 Å². The molecule has 4 rings (SSSR count). The van der Waals surface area contributed by atoms with Crippen LogP contribution in [0.25, 0.3) is 16.5 Å². The van der Waals surface area contributed by atoms with E-state index in [1.807, 2.05) is 4.90 Å². The molecule has 0 aliphatic carbocycles. The molecule has 1 amide bonds. The first-order valence-corrected chi connectivity index (χ1v) is 8.19. The average Bonchev–Trinajstić information content (AvgIpc) is 3.07. The van der Waals surface area contributed by atoms with Gasteiger partial charge >= 0.3 is 0 Å². The quantitative estimate of drug-likeness (QED) is 0.781. The topological polar surface area (TPSA) is 49.0 Å². The molecule has 0 saturated carbocycles. The molecule has 1 aliphatic heterocycles. The number of fused-ring (bicyclic) bond motifs is 1. The van der Waals surface area contributed by atoms with Crippen molar-refractivity contribution in [3.63, 3.8) is 0 Å². The van der Waals surface area contributed by atoms with Crippen LogP contribution in [0.2, 0.25) is 0 Å². The number of nitrogens with one attached hydrogen (secondary N) is 1. The molecule has 2 aromatic heterocycles. The summed E-state index contributed by atoms with van der Waals surface area (Å²) in [6, 6.07) is 9.90. The molecular weight excluding hydrogens is 298 g/mol. The Hall–Kier alpha value is -2.88. The summed E-state index contributed by atoms with van der Waals surface area (Å²) in [5.41, 5.74) is 5.72. The smallest absolute Gasteiger partial charge is 0.254 e. The van der Waals surface area contributed by atoms with Gasteiger partial charge in [-0.05, 0) is 36.6 Å². The van der Waals surface area contributed by atoms with E-state index in [0.29, 0.717) is 12.1 Å². The van der Waals surface area contributed by atoms with Gasteiger partial charge in [-0.2, -0.15) is 0 Å². The molecule has 0 saturated heterocycles. The molecule has 120 valence electrons. The van der Waals surface area contributed by atoms with E-state index in [1.54, 1.807) is 24.5 Å². The van der Waals surface area contributed by atoms with Crippen molar-refractivity contribution in [2.75, 3.05) is 13.1 Å². The maximum Gasteiger partial charge on any atom is 0.254 e. The average molecular weight is 317 g/mol. The number of carbonyl (C=O) groups excluding carboxylic acids is 1. The maximum atomic E-state index is 12.5. The predicted molar refractivity (Wildman–Crippen MR) is 95.8 cm³/mol. The molecule has 0 atom stereocenters. The van der Waals surface area contributed by atoms with E-state index in [4.69, 9.17) is 0 Å². The van der Waals surface area contributed by atoms with Crippen LogP contribution >= 0.6 is 0 Å². The van der Waals surface area contributed by atoms with Gasteiger partial charge in [0.15, 0.2) is 0 Å². The van der Waals surface area contributed by atoms with E-state index in [9.17, 15) is 4.79 Å². The molecule has 4 heteroatoms. The fraction of sp³-hybridized carbons (Fsp3) is 0.200. The molecule has 1 aromatic carbocycles. The number of aromatic amines is 1. The number of carbonyl (C=O) groups is 1. The normalized spacial score (nSPS) is 14.7. The number of hydrogen-bond donors (Lipinski definition) is 1. The van der Waals surface area contributed by atoms with Crippen molar-refractivity contribution < 1.29 is 4.79 Å². The molecule has 4 nitrogen and oxygen atoms in total. The van der Waals surface area contributed by atoms with E-state index in [2.05, 4.69) is 47.4 Å². The second kappa shape index (κ2) is 5.96. The largest absolute Gasteiger partial charge is 0.360 e. The zero-order valence-electron chi connectivity index (χ0n) is 13.6. The molecule has 1 N–H and O–H groups in total. The second-order valence-electron chi connectivity index (χ2n) is 6.17. The maximum absolute atomic E-state index is 12.5. The minimum atomic E-state index is 0.0717. The highest BCUT2D eigenvalue weighted by Gasteiger charge is 2.20. The van der Waals surface area contributed by atoms with Gasteiger partial charge in [-0.3, -0.25) is 9.78 Å². The lowest BCUT2D eigenvalue weighted by Crippen LogP contribution is -2.34. The zero-order chi connectivity index (χ0) is 16.5. The van der Waals surface area contributed by atoms with Crippen LogP contribution in [0.3, 0.4) is 0 Å². The van der Waals surface area contributed by atoms with Crippen LogP contribution in [0, 0.1) is 6.92 Å². The zero-order valence-corrected chi connectivity index (χ0v) is 13.6. The fourth-order valence-electron chi connectivity index (χ4n) is 3.35. The summed E-state index contributed by atoms with van der Waals surface area (Å²) in [5, 5.41) is 1.26.